The predicted octanol–water partition coefficient (Wildman–Crippen LogP) is 2.29. The Morgan fingerprint density at radius 2 is 1.80 bits per heavy atom. The van der Waals surface area contributed by atoms with Gasteiger partial charge in [0.1, 0.15) is 0 Å². The number of rotatable bonds is 5. The molecule has 1 saturated carbocycles. The van der Waals surface area contributed by atoms with Crippen molar-refractivity contribution in [1.82, 2.24) is 5.32 Å². The first-order valence-corrected chi connectivity index (χ1v) is 8.97. The summed E-state index contributed by atoms with van der Waals surface area (Å²) < 4.78 is 0. The van der Waals surface area contributed by atoms with Gasteiger partial charge in [-0.1, -0.05) is 44.5 Å². The second-order valence-corrected chi connectivity index (χ2v) is 8.36. The normalized spacial score (nSPS) is 24.8. The highest BCUT2D eigenvalue weighted by molar-refractivity contribution is 6.30. The van der Waals surface area contributed by atoms with Crippen LogP contribution in [0.1, 0.15) is 39.2 Å². The number of Topliss-reactive ketones (excluding diaryl/α,β-unsaturated/α-hetero) is 1. The molecule has 0 aliphatic heterocycles. The molecule has 1 unspecified atom stereocenters. The number of amides is 1. The Labute approximate surface area is 153 Å². The number of hydrogen-bond donors (Lipinski definition) is 3. The van der Waals surface area contributed by atoms with Crippen LogP contribution in [0.3, 0.4) is 0 Å². The number of halogens is 1. The Bertz CT molecular complexity index is 625. The van der Waals surface area contributed by atoms with Crippen LogP contribution in [-0.2, 0) is 16.1 Å². The zero-order valence-corrected chi connectivity index (χ0v) is 15.7. The van der Waals surface area contributed by atoms with Crippen LogP contribution in [0.15, 0.2) is 24.3 Å². The molecule has 1 aromatic carbocycles. The summed E-state index contributed by atoms with van der Waals surface area (Å²) in [6.07, 6.45) is -0.0612. The fourth-order valence-corrected chi connectivity index (χ4v) is 3.32. The van der Waals surface area contributed by atoms with E-state index >= 15 is 0 Å². The Morgan fingerprint density at radius 1 is 1.24 bits per heavy atom. The molecule has 25 heavy (non-hydrogen) atoms. The van der Waals surface area contributed by atoms with E-state index in [0.29, 0.717) is 24.4 Å². The van der Waals surface area contributed by atoms with Crippen molar-refractivity contribution in [2.45, 2.75) is 52.3 Å². The third-order valence-electron chi connectivity index (χ3n) is 4.86. The number of carbonyl (C=O) groups excluding carboxylic acids is 2. The van der Waals surface area contributed by atoms with Crippen LogP contribution in [0.5, 0.6) is 0 Å². The molecule has 0 saturated heterocycles. The Kier molecular flexibility index (Phi) is 6.25. The smallest absolute Gasteiger partial charge is 0.224 e. The number of benzene rings is 1. The number of aliphatic hydroxyl groups is 1. The van der Waals surface area contributed by atoms with Crippen molar-refractivity contribution in [3.8, 4) is 0 Å². The van der Waals surface area contributed by atoms with Gasteiger partial charge in [0.25, 0.3) is 0 Å². The first kappa shape index (κ1) is 19.9. The summed E-state index contributed by atoms with van der Waals surface area (Å²) in [6.45, 7) is 6.05. The van der Waals surface area contributed by atoms with Crippen molar-refractivity contribution in [2.75, 3.05) is 0 Å². The molecule has 1 amide bonds. The lowest BCUT2D eigenvalue weighted by molar-refractivity contribution is -0.134. The Morgan fingerprint density at radius 3 is 2.36 bits per heavy atom. The topological polar surface area (TPSA) is 92.4 Å². The van der Waals surface area contributed by atoms with Crippen molar-refractivity contribution in [1.29, 1.82) is 0 Å². The fourth-order valence-electron chi connectivity index (χ4n) is 3.20. The highest BCUT2D eigenvalue weighted by Crippen LogP contribution is 2.35. The third kappa shape index (κ3) is 5.03. The van der Waals surface area contributed by atoms with Crippen LogP contribution in [0, 0.1) is 17.3 Å². The van der Waals surface area contributed by atoms with Crippen LogP contribution < -0.4 is 11.1 Å². The second-order valence-electron chi connectivity index (χ2n) is 7.93. The average molecular weight is 367 g/mol. The largest absolute Gasteiger partial charge is 0.393 e. The highest BCUT2D eigenvalue weighted by Gasteiger charge is 2.45. The molecule has 138 valence electrons. The van der Waals surface area contributed by atoms with Crippen molar-refractivity contribution in [3.05, 3.63) is 34.9 Å². The molecular formula is C19H27ClN2O3. The minimum atomic E-state index is -0.658. The first-order valence-electron chi connectivity index (χ1n) is 8.59. The van der Waals surface area contributed by atoms with E-state index in [1.165, 1.54) is 0 Å². The van der Waals surface area contributed by atoms with Crippen LogP contribution >= 0.6 is 11.6 Å². The number of hydrogen-bond acceptors (Lipinski definition) is 4. The van der Waals surface area contributed by atoms with Gasteiger partial charge in [-0.25, -0.2) is 0 Å². The molecule has 0 bridgehead atoms. The van der Waals surface area contributed by atoms with Crippen molar-refractivity contribution < 1.29 is 14.7 Å². The molecular weight excluding hydrogens is 340 g/mol. The summed E-state index contributed by atoms with van der Waals surface area (Å²) in [4.78, 5) is 25.3. The molecule has 0 spiro atoms. The highest BCUT2D eigenvalue weighted by atomic mass is 35.5. The van der Waals surface area contributed by atoms with Crippen LogP contribution in [0.2, 0.25) is 5.02 Å². The van der Waals surface area contributed by atoms with Gasteiger partial charge < -0.3 is 16.2 Å². The van der Waals surface area contributed by atoms with Gasteiger partial charge in [0, 0.05) is 17.5 Å². The van der Waals surface area contributed by atoms with E-state index in [0.717, 1.165) is 5.56 Å². The quantitative estimate of drug-likeness (QED) is 0.745. The van der Waals surface area contributed by atoms with E-state index < -0.39 is 24.0 Å². The van der Waals surface area contributed by atoms with Crippen LogP contribution in [0.4, 0.5) is 0 Å². The summed E-state index contributed by atoms with van der Waals surface area (Å²) in [5, 5.41) is 13.5. The average Bonchev–Trinajstić information content (AvgIpc) is 2.93. The van der Waals surface area contributed by atoms with Gasteiger partial charge in [-0.2, -0.15) is 0 Å². The molecule has 2 rings (SSSR count). The van der Waals surface area contributed by atoms with Gasteiger partial charge in [-0.3, -0.25) is 9.59 Å². The molecule has 0 aromatic heterocycles. The van der Waals surface area contributed by atoms with Gasteiger partial charge in [0.05, 0.1) is 18.1 Å². The minimum absolute atomic E-state index is 0.143. The molecule has 1 aliphatic rings. The van der Waals surface area contributed by atoms with Crippen LogP contribution in [0.25, 0.3) is 0 Å². The van der Waals surface area contributed by atoms with Gasteiger partial charge in [-0.05, 0) is 36.0 Å². The minimum Gasteiger partial charge on any atom is -0.393 e. The number of nitrogens with two attached hydrogens (primary N) is 1. The Balaban J connectivity index is 2.03. The zero-order valence-electron chi connectivity index (χ0n) is 15.0. The zero-order chi connectivity index (χ0) is 18.8. The maximum atomic E-state index is 12.7. The van der Waals surface area contributed by atoms with Gasteiger partial charge >= 0.3 is 0 Å². The lowest BCUT2D eigenvalue weighted by Crippen LogP contribution is -2.47. The number of ketones is 1. The number of carbonyl (C=O) groups is 2. The van der Waals surface area contributed by atoms with E-state index in [9.17, 15) is 14.7 Å². The van der Waals surface area contributed by atoms with E-state index in [2.05, 4.69) is 5.32 Å². The van der Waals surface area contributed by atoms with Crippen molar-refractivity contribution in [2.24, 2.45) is 23.0 Å². The predicted molar refractivity (Wildman–Crippen MR) is 98.0 cm³/mol. The van der Waals surface area contributed by atoms with E-state index in [-0.39, 0.29) is 17.1 Å². The van der Waals surface area contributed by atoms with Gasteiger partial charge in [-0.15, -0.1) is 0 Å². The molecule has 0 radical (unpaired) electrons. The fraction of sp³-hybridized carbons (Fsp3) is 0.579. The summed E-state index contributed by atoms with van der Waals surface area (Å²) in [5.41, 5.74) is 6.63. The molecule has 6 heteroatoms. The SMILES string of the molecule is CC(C)(C)[C@H](N)C(=O)C1C[C@H](O)C[C@H]1C(=O)NCc1ccc(Cl)cc1. The molecule has 0 heterocycles. The lowest BCUT2D eigenvalue weighted by Gasteiger charge is -2.29. The van der Waals surface area contributed by atoms with E-state index in [1.807, 2.05) is 32.9 Å². The maximum Gasteiger partial charge on any atom is 0.224 e. The molecule has 1 aromatic rings. The third-order valence-corrected chi connectivity index (χ3v) is 5.11. The van der Waals surface area contributed by atoms with Gasteiger partial charge in [0.2, 0.25) is 5.91 Å². The summed E-state index contributed by atoms with van der Waals surface area (Å²) in [6, 6.07) is 6.54. The lowest BCUT2D eigenvalue weighted by atomic mass is 9.78. The molecule has 1 aliphatic carbocycles. The molecule has 4 N–H and O–H groups in total. The summed E-state index contributed by atoms with van der Waals surface area (Å²) in [5.74, 6) is -1.43. The van der Waals surface area contributed by atoms with Crippen molar-refractivity contribution in [3.63, 3.8) is 0 Å². The standard InChI is InChI=1S/C19H27ClN2O3/c1-19(2,3)17(21)16(24)14-8-13(23)9-15(14)18(25)22-10-11-4-6-12(20)7-5-11/h4-7,13-15,17,23H,8-10,21H2,1-3H3,(H,22,25)/t13-,14?,15+,17+/m0/s1. The molecule has 1 fully saturated rings. The summed E-state index contributed by atoms with van der Waals surface area (Å²) >= 11 is 5.85. The van der Waals surface area contributed by atoms with E-state index in [1.54, 1.807) is 12.1 Å². The van der Waals surface area contributed by atoms with E-state index in [4.69, 9.17) is 17.3 Å². The maximum absolute atomic E-state index is 12.7. The van der Waals surface area contributed by atoms with Gasteiger partial charge in [0.15, 0.2) is 5.78 Å². The van der Waals surface area contributed by atoms with Crippen molar-refractivity contribution >= 4 is 23.3 Å². The number of nitrogens with one attached hydrogen (secondary N) is 1. The van der Waals surface area contributed by atoms with Crippen LogP contribution in [-0.4, -0.2) is 28.9 Å². The molecule has 4 atom stereocenters. The Hall–Kier alpha value is -1.43. The second kappa shape index (κ2) is 7.85. The monoisotopic (exact) mass is 366 g/mol. The number of aliphatic hydroxyl groups excluding tert-OH is 1. The summed E-state index contributed by atoms with van der Waals surface area (Å²) in [7, 11) is 0. The molecule has 5 nitrogen and oxygen atoms in total. The first-order chi connectivity index (χ1) is 11.6.